The summed E-state index contributed by atoms with van der Waals surface area (Å²) in [5.74, 6) is -0.455. The SMILES string of the molecule is [B]OC(=O)c1ccccc1O[B]. The molecule has 0 aliphatic heterocycles. The van der Waals surface area contributed by atoms with E-state index in [1.807, 2.05) is 0 Å². The standard InChI is InChI=1S/C7H4B2O3/c8-11-6-4-2-1-3-5(6)7(10)12-9/h1-4H. The summed E-state index contributed by atoms with van der Waals surface area (Å²) in [6.45, 7) is 0. The highest BCUT2D eigenvalue weighted by Gasteiger charge is 2.09. The predicted molar refractivity (Wildman–Crippen MR) is 44.0 cm³/mol. The Balaban J connectivity index is 3.04. The summed E-state index contributed by atoms with van der Waals surface area (Å²) in [6, 6.07) is 6.36. The molecule has 1 aromatic rings. The van der Waals surface area contributed by atoms with E-state index < -0.39 is 5.97 Å². The van der Waals surface area contributed by atoms with Gasteiger partial charge in [-0.15, -0.1) is 0 Å². The van der Waals surface area contributed by atoms with Crippen LogP contribution in [0.1, 0.15) is 10.4 Å². The molecule has 12 heavy (non-hydrogen) atoms. The van der Waals surface area contributed by atoms with Crippen LogP contribution in [0.25, 0.3) is 0 Å². The zero-order valence-corrected chi connectivity index (χ0v) is 6.19. The quantitative estimate of drug-likeness (QED) is 0.583. The van der Waals surface area contributed by atoms with Gasteiger partial charge in [-0.2, -0.15) is 0 Å². The van der Waals surface area contributed by atoms with E-state index in [1.165, 1.54) is 12.1 Å². The average molecular weight is 158 g/mol. The van der Waals surface area contributed by atoms with Gasteiger partial charge in [-0.1, -0.05) is 12.1 Å². The van der Waals surface area contributed by atoms with Crippen LogP contribution in [0.4, 0.5) is 0 Å². The normalized spacial score (nSPS) is 9.00. The Morgan fingerprint density at radius 2 is 1.92 bits per heavy atom. The number of carbonyl (C=O) groups is 1. The minimum atomic E-state index is -0.684. The first-order valence-corrected chi connectivity index (χ1v) is 3.16. The third-order valence-corrected chi connectivity index (χ3v) is 1.34. The number of carbonyl (C=O) groups excluding carboxylic acids is 1. The lowest BCUT2D eigenvalue weighted by atomic mass is 10.2. The average Bonchev–Trinajstić information content (AvgIpc) is 2.16. The molecular weight excluding hydrogens is 154 g/mol. The molecule has 4 radical (unpaired) electrons. The van der Waals surface area contributed by atoms with Gasteiger partial charge in [0.1, 0.15) is 5.75 Å². The minimum Gasteiger partial charge on any atom is -0.567 e. The third-order valence-electron chi connectivity index (χ3n) is 1.34. The van der Waals surface area contributed by atoms with Gasteiger partial charge in [0.25, 0.3) is 0 Å². The molecule has 1 aromatic carbocycles. The van der Waals surface area contributed by atoms with Gasteiger partial charge in [0.2, 0.25) is 0 Å². The van der Waals surface area contributed by atoms with E-state index in [-0.39, 0.29) is 11.3 Å². The fraction of sp³-hybridized carbons (Fsp3) is 0. The Morgan fingerprint density at radius 3 is 2.50 bits per heavy atom. The molecule has 0 saturated heterocycles. The van der Waals surface area contributed by atoms with Gasteiger partial charge in [0.05, 0.1) is 5.56 Å². The van der Waals surface area contributed by atoms with Crippen molar-refractivity contribution in [2.24, 2.45) is 0 Å². The Morgan fingerprint density at radius 1 is 1.25 bits per heavy atom. The largest absolute Gasteiger partial charge is 0.567 e. The third kappa shape index (κ3) is 1.61. The fourth-order valence-corrected chi connectivity index (χ4v) is 0.802. The maximum atomic E-state index is 10.9. The summed E-state index contributed by atoms with van der Waals surface area (Å²) in [5, 5.41) is 0. The van der Waals surface area contributed by atoms with Gasteiger partial charge in [-0.3, -0.25) is 0 Å². The fourth-order valence-electron chi connectivity index (χ4n) is 0.802. The zero-order valence-electron chi connectivity index (χ0n) is 6.19. The first-order chi connectivity index (χ1) is 5.79. The van der Waals surface area contributed by atoms with Gasteiger partial charge in [-0.25, -0.2) is 4.79 Å². The molecule has 5 heteroatoms. The molecule has 0 spiro atoms. The summed E-state index contributed by atoms with van der Waals surface area (Å²) in [5.41, 5.74) is 0.197. The lowest BCUT2D eigenvalue weighted by molar-refractivity contribution is 0.0748. The van der Waals surface area contributed by atoms with E-state index in [0.29, 0.717) is 0 Å². The molecule has 0 bridgehead atoms. The van der Waals surface area contributed by atoms with Gasteiger partial charge in [0.15, 0.2) is 0 Å². The van der Waals surface area contributed by atoms with Gasteiger partial charge in [-0.05, 0) is 12.1 Å². The molecule has 0 aliphatic carbocycles. The summed E-state index contributed by atoms with van der Waals surface area (Å²) in [7, 11) is 9.58. The lowest BCUT2D eigenvalue weighted by Gasteiger charge is -2.05. The van der Waals surface area contributed by atoms with E-state index in [2.05, 4.69) is 17.4 Å². The first-order valence-electron chi connectivity index (χ1n) is 3.16. The molecule has 3 nitrogen and oxygen atoms in total. The topological polar surface area (TPSA) is 35.5 Å². The maximum absolute atomic E-state index is 10.9. The second kappa shape index (κ2) is 3.85. The van der Waals surface area contributed by atoms with E-state index >= 15 is 0 Å². The van der Waals surface area contributed by atoms with Crippen LogP contribution in [-0.2, 0) is 4.65 Å². The zero-order chi connectivity index (χ0) is 8.97. The Bertz CT molecular complexity index is 288. The molecule has 0 saturated carbocycles. The number of hydrogen-bond donors (Lipinski definition) is 0. The van der Waals surface area contributed by atoms with Crippen molar-refractivity contribution >= 4 is 22.1 Å². The first kappa shape index (κ1) is 8.71. The van der Waals surface area contributed by atoms with Crippen molar-refractivity contribution in [1.82, 2.24) is 0 Å². The molecule has 0 heterocycles. The highest BCUT2D eigenvalue weighted by molar-refractivity contribution is 6.10. The highest BCUT2D eigenvalue weighted by Crippen LogP contribution is 2.17. The molecule has 0 N–H and O–H groups in total. The molecule has 0 atom stereocenters. The van der Waals surface area contributed by atoms with Gasteiger partial charge >= 0.3 is 22.1 Å². The Labute approximate surface area is 72.6 Å². The van der Waals surface area contributed by atoms with Crippen LogP contribution in [0.15, 0.2) is 24.3 Å². The molecule has 0 fully saturated rings. The van der Waals surface area contributed by atoms with Crippen molar-refractivity contribution < 1.29 is 14.1 Å². The van der Waals surface area contributed by atoms with Crippen molar-refractivity contribution in [2.45, 2.75) is 0 Å². The number of hydrogen-bond acceptors (Lipinski definition) is 3. The van der Waals surface area contributed by atoms with Crippen LogP contribution >= 0.6 is 0 Å². The molecule has 0 aliphatic rings. The van der Waals surface area contributed by atoms with Gasteiger partial charge in [0, 0.05) is 0 Å². The van der Waals surface area contributed by atoms with E-state index in [9.17, 15) is 4.79 Å². The van der Waals surface area contributed by atoms with Crippen molar-refractivity contribution in [2.75, 3.05) is 0 Å². The summed E-state index contributed by atoms with van der Waals surface area (Å²) in [6.07, 6.45) is 0. The molecule has 1 rings (SSSR count). The molecule has 0 amide bonds. The molecule has 56 valence electrons. The lowest BCUT2D eigenvalue weighted by Crippen LogP contribution is -2.04. The maximum Gasteiger partial charge on any atom is 0.378 e. The number of benzene rings is 1. The van der Waals surface area contributed by atoms with Crippen LogP contribution in [0.5, 0.6) is 5.75 Å². The van der Waals surface area contributed by atoms with Crippen molar-refractivity contribution in [1.29, 1.82) is 0 Å². The summed E-state index contributed by atoms with van der Waals surface area (Å²) < 4.78 is 8.42. The second-order valence-corrected chi connectivity index (χ2v) is 2.02. The molecule has 0 aromatic heterocycles. The van der Waals surface area contributed by atoms with Crippen LogP contribution in [-0.4, -0.2) is 22.1 Å². The van der Waals surface area contributed by atoms with E-state index in [0.717, 1.165) is 0 Å². The van der Waals surface area contributed by atoms with Crippen molar-refractivity contribution in [3.63, 3.8) is 0 Å². The second-order valence-electron chi connectivity index (χ2n) is 2.02. The molecular formula is C7H4B2O3. The van der Waals surface area contributed by atoms with E-state index in [1.54, 1.807) is 12.1 Å². The van der Waals surface area contributed by atoms with Crippen LogP contribution in [0.2, 0.25) is 0 Å². The highest BCUT2D eigenvalue weighted by atomic mass is 16.5. The minimum absolute atomic E-state index is 0.197. The Hall–Kier alpha value is -1.38. The van der Waals surface area contributed by atoms with Crippen molar-refractivity contribution in [3.8, 4) is 5.75 Å². The number of rotatable bonds is 2. The smallest absolute Gasteiger partial charge is 0.378 e. The van der Waals surface area contributed by atoms with Gasteiger partial charge < -0.3 is 9.31 Å². The monoisotopic (exact) mass is 158 g/mol. The Kier molecular flexibility index (Phi) is 2.80. The van der Waals surface area contributed by atoms with Crippen LogP contribution < -0.4 is 4.65 Å². The van der Waals surface area contributed by atoms with E-state index in [4.69, 9.17) is 8.05 Å². The predicted octanol–water partition coefficient (Wildman–Crippen LogP) is 0.389. The van der Waals surface area contributed by atoms with Crippen LogP contribution in [0.3, 0.4) is 0 Å². The van der Waals surface area contributed by atoms with Crippen molar-refractivity contribution in [3.05, 3.63) is 29.8 Å². The molecule has 0 unspecified atom stereocenters. The van der Waals surface area contributed by atoms with Crippen LogP contribution in [0, 0.1) is 0 Å². The summed E-state index contributed by atoms with van der Waals surface area (Å²) in [4.78, 5) is 10.9. The summed E-state index contributed by atoms with van der Waals surface area (Å²) >= 11 is 0. The number of para-hydroxylation sites is 1.